The Balaban J connectivity index is 1.77. The van der Waals surface area contributed by atoms with Gasteiger partial charge in [0.2, 0.25) is 0 Å². The van der Waals surface area contributed by atoms with E-state index in [0.29, 0.717) is 17.3 Å². The van der Waals surface area contributed by atoms with Crippen molar-refractivity contribution in [3.05, 3.63) is 35.9 Å². The average Bonchev–Trinajstić information content (AvgIpc) is 2.37. The molecule has 0 heterocycles. The second-order valence-electron chi connectivity index (χ2n) is 7.22. The van der Waals surface area contributed by atoms with Crippen LogP contribution in [0.1, 0.15) is 44.6 Å². The number of hydrogen-bond acceptors (Lipinski definition) is 1. The Hall–Kier alpha value is -0.820. The van der Waals surface area contributed by atoms with Crippen LogP contribution in [0.5, 0.6) is 0 Å². The molecule has 0 radical (unpaired) electrons. The van der Waals surface area contributed by atoms with Gasteiger partial charge in [-0.2, -0.15) is 0 Å². The summed E-state index contributed by atoms with van der Waals surface area (Å²) in [6.45, 7) is 2.10. The highest BCUT2D eigenvalue weighted by atomic mass is 16.3. The van der Waals surface area contributed by atoms with Gasteiger partial charge in [0.1, 0.15) is 0 Å². The SMILES string of the molecule is CC1(O)C2CC3CC1CC(c1ccccc1)(C3)C2. The Morgan fingerprint density at radius 3 is 2.22 bits per heavy atom. The smallest absolute Gasteiger partial charge is 0.0676 e. The van der Waals surface area contributed by atoms with Gasteiger partial charge in [0.05, 0.1) is 5.60 Å². The fraction of sp³-hybridized carbons (Fsp3) is 0.647. The van der Waals surface area contributed by atoms with Crippen LogP contribution >= 0.6 is 0 Å². The van der Waals surface area contributed by atoms with Gasteiger partial charge in [-0.1, -0.05) is 30.3 Å². The van der Waals surface area contributed by atoms with Crippen molar-refractivity contribution < 1.29 is 5.11 Å². The van der Waals surface area contributed by atoms with Gasteiger partial charge in [-0.25, -0.2) is 0 Å². The largest absolute Gasteiger partial charge is 0.390 e. The summed E-state index contributed by atoms with van der Waals surface area (Å²) < 4.78 is 0. The van der Waals surface area contributed by atoms with Crippen molar-refractivity contribution in [2.75, 3.05) is 0 Å². The highest BCUT2D eigenvalue weighted by Gasteiger charge is 2.60. The summed E-state index contributed by atoms with van der Waals surface area (Å²) >= 11 is 0. The predicted molar refractivity (Wildman–Crippen MR) is 72.3 cm³/mol. The van der Waals surface area contributed by atoms with Crippen LogP contribution in [0, 0.1) is 17.8 Å². The molecular formula is C17H22O. The average molecular weight is 242 g/mol. The second-order valence-corrected chi connectivity index (χ2v) is 7.22. The number of rotatable bonds is 1. The quantitative estimate of drug-likeness (QED) is 0.799. The van der Waals surface area contributed by atoms with Gasteiger partial charge in [-0.05, 0) is 67.8 Å². The van der Waals surface area contributed by atoms with Gasteiger partial charge in [0, 0.05) is 0 Å². The molecule has 5 rings (SSSR count). The van der Waals surface area contributed by atoms with Gasteiger partial charge in [-0.3, -0.25) is 0 Å². The lowest BCUT2D eigenvalue weighted by Crippen LogP contribution is -2.61. The Bertz CT molecular complexity index is 444. The first-order valence-corrected chi connectivity index (χ1v) is 7.38. The second kappa shape index (κ2) is 3.39. The van der Waals surface area contributed by atoms with Crippen LogP contribution in [-0.4, -0.2) is 10.7 Å². The molecule has 4 fully saturated rings. The molecular weight excluding hydrogens is 220 g/mol. The van der Waals surface area contributed by atoms with Crippen molar-refractivity contribution in [1.82, 2.24) is 0 Å². The van der Waals surface area contributed by atoms with Crippen LogP contribution in [0.15, 0.2) is 30.3 Å². The van der Waals surface area contributed by atoms with E-state index in [2.05, 4.69) is 37.3 Å². The summed E-state index contributed by atoms with van der Waals surface area (Å²) in [7, 11) is 0. The van der Waals surface area contributed by atoms with E-state index >= 15 is 0 Å². The third-order valence-corrected chi connectivity index (χ3v) is 6.23. The van der Waals surface area contributed by atoms with E-state index in [1.54, 1.807) is 0 Å². The van der Waals surface area contributed by atoms with Crippen LogP contribution in [0.3, 0.4) is 0 Å². The van der Waals surface area contributed by atoms with E-state index in [-0.39, 0.29) is 0 Å². The standard InChI is InChI=1S/C17H22O/c1-16(18)14-7-12-8-15(16)11-17(9-12,10-14)13-5-3-2-4-6-13/h2-6,12,14-15,18H,7-11H2,1H3. The van der Waals surface area contributed by atoms with Crippen molar-refractivity contribution in [2.45, 2.75) is 50.0 Å². The maximum absolute atomic E-state index is 10.8. The molecule has 1 N–H and O–H groups in total. The van der Waals surface area contributed by atoms with Crippen molar-refractivity contribution in [2.24, 2.45) is 17.8 Å². The van der Waals surface area contributed by atoms with Crippen molar-refractivity contribution in [1.29, 1.82) is 0 Å². The molecule has 2 atom stereocenters. The third kappa shape index (κ3) is 1.31. The Morgan fingerprint density at radius 1 is 1.00 bits per heavy atom. The number of hydrogen-bond donors (Lipinski definition) is 1. The Kier molecular flexibility index (Phi) is 2.08. The first-order valence-electron chi connectivity index (χ1n) is 7.38. The van der Waals surface area contributed by atoms with Gasteiger partial charge in [0.15, 0.2) is 0 Å². The van der Waals surface area contributed by atoms with E-state index in [1.165, 1.54) is 37.7 Å². The minimum Gasteiger partial charge on any atom is -0.390 e. The van der Waals surface area contributed by atoms with Gasteiger partial charge < -0.3 is 5.11 Å². The van der Waals surface area contributed by atoms with Gasteiger partial charge in [0.25, 0.3) is 0 Å². The lowest BCUT2D eigenvalue weighted by atomic mass is 9.43. The molecule has 1 aromatic carbocycles. The maximum Gasteiger partial charge on any atom is 0.0676 e. The molecule has 1 nitrogen and oxygen atoms in total. The first-order chi connectivity index (χ1) is 8.60. The Labute approximate surface area is 109 Å². The van der Waals surface area contributed by atoms with Crippen molar-refractivity contribution in [3.8, 4) is 0 Å². The van der Waals surface area contributed by atoms with Crippen LogP contribution in [0.2, 0.25) is 0 Å². The summed E-state index contributed by atoms with van der Waals surface area (Å²) in [5.41, 5.74) is 1.52. The normalized spacial score (nSPS) is 49.6. The highest BCUT2D eigenvalue weighted by molar-refractivity contribution is 5.30. The molecule has 96 valence electrons. The van der Waals surface area contributed by atoms with Gasteiger partial charge in [-0.15, -0.1) is 0 Å². The van der Waals surface area contributed by atoms with Gasteiger partial charge >= 0.3 is 0 Å². The van der Waals surface area contributed by atoms with E-state index < -0.39 is 5.60 Å². The monoisotopic (exact) mass is 242 g/mol. The summed E-state index contributed by atoms with van der Waals surface area (Å²) in [4.78, 5) is 0. The minimum atomic E-state index is -0.394. The lowest BCUT2D eigenvalue weighted by Gasteiger charge is -2.63. The third-order valence-electron chi connectivity index (χ3n) is 6.23. The molecule has 0 aromatic heterocycles. The van der Waals surface area contributed by atoms with E-state index in [9.17, 15) is 5.11 Å². The molecule has 4 aliphatic rings. The summed E-state index contributed by atoms with van der Waals surface area (Å²) in [5.74, 6) is 1.93. The number of aliphatic hydroxyl groups is 1. The highest BCUT2D eigenvalue weighted by Crippen LogP contribution is 2.63. The van der Waals surface area contributed by atoms with E-state index in [1.807, 2.05) is 0 Å². The lowest BCUT2D eigenvalue weighted by molar-refractivity contribution is -0.170. The fourth-order valence-electron chi connectivity index (χ4n) is 5.35. The fourth-order valence-corrected chi connectivity index (χ4v) is 5.35. The Morgan fingerprint density at radius 2 is 1.61 bits per heavy atom. The van der Waals surface area contributed by atoms with Crippen LogP contribution < -0.4 is 0 Å². The topological polar surface area (TPSA) is 20.2 Å². The molecule has 2 unspecified atom stereocenters. The summed E-state index contributed by atoms with van der Waals surface area (Å²) in [6, 6.07) is 11.1. The molecule has 1 heteroatoms. The zero-order valence-electron chi connectivity index (χ0n) is 11.1. The molecule has 0 aliphatic heterocycles. The van der Waals surface area contributed by atoms with Crippen molar-refractivity contribution in [3.63, 3.8) is 0 Å². The molecule has 1 aromatic rings. The maximum atomic E-state index is 10.8. The molecule has 0 spiro atoms. The first kappa shape index (κ1) is 11.0. The van der Waals surface area contributed by atoms with E-state index in [4.69, 9.17) is 0 Å². The molecule has 18 heavy (non-hydrogen) atoms. The summed E-state index contributed by atoms with van der Waals surface area (Å²) in [6.07, 6.45) is 6.30. The zero-order chi connectivity index (χ0) is 12.4. The van der Waals surface area contributed by atoms with Crippen LogP contribution in [0.4, 0.5) is 0 Å². The minimum absolute atomic E-state index is 0.389. The predicted octanol–water partition coefficient (Wildman–Crippen LogP) is 3.52. The zero-order valence-corrected chi connectivity index (χ0v) is 11.1. The molecule has 4 saturated carbocycles. The molecule has 0 saturated heterocycles. The molecule has 4 bridgehead atoms. The number of benzene rings is 1. The van der Waals surface area contributed by atoms with Crippen molar-refractivity contribution >= 4 is 0 Å². The van der Waals surface area contributed by atoms with Crippen LogP contribution in [0.25, 0.3) is 0 Å². The van der Waals surface area contributed by atoms with E-state index in [0.717, 1.165) is 5.92 Å². The van der Waals surface area contributed by atoms with Crippen LogP contribution in [-0.2, 0) is 5.41 Å². The molecule has 0 amide bonds. The molecule has 4 aliphatic carbocycles. The summed E-state index contributed by atoms with van der Waals surface area (Å²) in [5, 5.41) is 10.8.